The summed E-state index contributed by atoms with van der Waals surface area (Å²) >= 11 is 0. The number of ether oxygens (including phenoxy) is 2. The number of hydrogen-bond donors (Lipinski definition) is 4. The number of rotatable bonds is 4. The summed E-state index contributed by atoms with van der Waals surface area (Å²) in [7, 11) is 0. The Kier molecular flexibility index (Phi) is 5.25. The van der Waals surface area contributed by atoms with Crippen LogP contribution in [0.4, 0.5) is 0 Å². The first kappa shape index (κ1) is 15.9. The zero-order chi connectivity index (χ0) is 15.4. The van der Waals surface area contributed by atoms with E-state index in [1.54, 1.807) is 30.3 Å². The van der Waals surface area contributed by atoms with Crippen molar-refractivity contribution < 1.29 is 29.9 Å². The summed E-state index contributed by atoms with van der Waals surface area (Å²) < 4.78 is 10.6. The normalized spacial score (nSPS) is 34.1. The molecule has 6 atom stereocenters. The Hall–Kier alpha value is -1.53. The van der Waals surface area contributed by atoms with Crippen LogP contribution in [-0.2, 0) is 9.47 Å². The highest BCUT2D eigenvalue weighted by Gasteiger charge is 2.44. The number of aliphatic hydroxyl groups is 4. The second kappa shape index (κ2) is 6.95. The first-order valence-electron chi connectivity index (χ1n) is 6.49. The molecule has 1 aromatic carbocycles. The molecule has 1 aliphatic rings. The fraction of sp³-hybridized carbons (Fsp3) is 0.500. The predicted molar refractivity (Wildman–Crippen MR) is 69.6 cm³/mol. The van der Waals surface area contributed by atoms with Gasteiger partial charge in [-0.1, -0.05) is 30.3 Å². The van der Waals surface area contributed by atoms with Crippen LogP contribution in [0.25, 0.3) is 0 Å². The fourth-order valence-corrected chi connectivity index (χ4v) is 2.13. The Morgan fingerprint density at radius 2 is 1.81 bits per heavy atom. The fourth-order valence-electron chi connectivity index (χ4n) is 2.13. The summed E-state index contributed by atoms with van der Waals surface area (Å²) in [6, 6.07) is 10.5. The summed E-state index contributed by atoms with van der Waals surface area (Å²) in [6.45, 7) is -0.548. The van der Waals surface area contributed by atoms with Crippen LogP contribution >= 0.6 is 0 Å². The van der Waals surface area contributed by atoms with Crippen molar-refractivity contribution in [2.45, 2.75) is 36.8 Å². The molecule has 4 N–H and O–H groups in total. The van der Waals surface area contributed by atoms with Crippen molar-refractivity contribution in [1.29, 1.82) is 5.26 Å². The molecule has 0 saturated carbocycles. The van der Waals surface area contributed by atoms with E-state index in [0.29, 0.717) is 5.56 Å². The van der Waals surface area contributed by atoms with Gasteiger partial charge in [0.15, 0.2) is 12.4 Å². The Labute approximate surface area is 121 Å². The van der Waals surface area contributed by atoms with Crippen LogP contribution in [-0.4, -0.2) is 57.7 Å². The maximum atomic E-state index is 9.86. The molecule has 5 unspecified atom stereocenters. The van der Waals surface area contributed by atoms with Crippen LogP contribution in [0.3, 0.4) is 0 Å². The third kappa shape index (κ3) is 3.39. The predicted octanol–water partition coefficient (Wildman–Crippen LogP) is -0.932. The Morgan fingerprint density at radius 1 is 1.14 bits per heavy atom. The van der Waals surface area contributed by atoms with Crippen LogP contribution < -0.4 is 0 Å². The molecule has 0 bridgehead atoms. The summed E-state index contributed by atoms with van der Waals surface area (Å²) in [5.74, 6) is 0. The van der Waals surface area contributed by atoms with Gasteiger partial charge in [-0.25, -0.2) is 0 Å². The smallest absolute Gasteiger partial charge is 0.188 e. The third-order valence-electron chi connectivity index (χ3n) is 3.34. The molecule has 1 aliphatic heterocycles. The lowest BCUT2D eigenvalue weighted by atomic mass is 9.99. The Balaban J connectivity index is 2.12. The highest BCUT2D eigenvalue weighted by atomic mass is 16.7. The Morgan fingerprint density at radius 3 is 2.38 bits per heavy atom. The van der Waals surface area contributed by atoms with E-state index in [1.165, 1.54) is 0 Å². The van der Waals surface area contributed by atoms with Gasteiger partial charge in [-0.3, -0.25) is 0 Å². The minimum atomic E-state index is -1.53. The summed E-state index contributed by atoms with van der Waals surface area (Å²) in [4.78, 5) is 0. The van der Waals surface area contributed by atoms with Gasteiger partial charge in [0.1, 0.15) is 24.4 Å². The standard InChI is InChI=1S/C14H17NO6/c15-6-9(8-4-2-1-3-5-8)20-14-13(19)12(18)11(17)10(7-16)21-14/h1-5,9-14,16-19H,7H2/t9-,10?,11?,12?,13?,14?/m0/s1. The van der Waals surface area contributed by atoms with E-state index in [-0.39, 0.29) is 0 Å². The van der Waals surface area contributed by atoms with Crippen molar-refractivity contribution >= 4 is 0 Å². The van der Waals surface area contributed by atoms with Crippen molar-refractivity contribution in [1.82, 2.24) is 0 Å². The highest BCUT2D eigenvalue weighted by molar-refractivity contribution is 5.22. The molecule has 2 rings (SSSR count). The van der Waals surface area contributed by atoms with Gasteiger partial charge >= 0.3 is 0 Å². The second-order valence-electron chi connectivity index (χ2n) is 4.75. The lowest BCUT2D eigenvalue weighted by Crippen LogP contribution is -2.59. The van der Waals surface area contributed by atoms with Gasteiger partial charge in [-0.15, -0.1) is 0 Å². The SMILES string of the molecule is N#C[C@H](OC1OC(CO)C(O)C(O)C1O)c1ccccc1. The first-order valence-corrected chi connectivity index (χ1v) is 6.49. The molecule has 1 fully saturated rings. The van der Waals surface area contributed by atoms with Crippen LogP contribution in [0, 0.1) is 11.3 Å². The zero-order valence-corrected chi connectivity index (χ0v) is 11.1. The highest BCUT2D eigenvalue weighted by Crippen LogP contribution is 2.27. The maximum absolute atomic E-state index is 9.86. The van der Waals surface area contributed by atoms with E-state index >= 15 is 0 Å². The molecule has 0 aromatic heterocycles. The number of nitriles is 1. The summed E-state index contributed by atoms with van der Waals surface area (Å²) in [6.07, 6.45) is -7.91. The first-order chi connectivity index (χ1) is 10.1. The van der Waals surface area contributed by atoms with Gasteiger partial charge in [-0.2, -0.15) is 5.26 Å². The van der Waals surface area contributed by atoms with Crippen LogP contribution in [0.15, 0.2) is 30.3 Å². The van der Waals surface area contributed by atoms with Crippen LogP contribution in [0.1, 0.15) is 11.7 Å². The van der Waals surface area contributed by atoms with E-state index in [0.717, 1.165) is 0 Å². The van der Waals surface area contributed by atoms with E-state index < -0.39 is 43.4 Å². The molecule has 0 aliphatic carbocycles. The van der Waals surface area contributed by atoms with Gasteiger partial charge in [0, 0.05) is 0 Å². The quantitative estimate of drug-likeness (QED) is 0.565. The van der Waals surface area contributed by atoms with Crippen molar-refractivity contribution in [3.8, 4) is 6.07 Å². The minimum Gasteiger partial charge on any atom is -0.394 e. The number of aliphatic hydroxyl groups excluding tert-OH is 4. The average molecular weight is 295 g/mol. The molecular formula is C14H17NO6. The lowest BCUT2D eigenvalue weighted by Gasteiger charge is -2.40. The summed E-state index contributed by atoms with van der Waals surface area (Å²) in [5, 5.41) is 47.5. The van der Waals surface area contributed by atoms with Gasteiger partial charge < -0.3 is 29.9 Å². The van der Waals surface area contributed by atoms with E-state index in [1.807, 2.05) is 6.07 Å². The van der Waals surface area contributed by atoms with E-state index in [4.69, 9.17) is 19.8 Å². The lowest BCUT2D eigenvalue weighted by molar-refractivity contribution is -0.307. The average Bonchev–Trinajstić information content (AvgIpc) is 2.53. The molecule has 1 aromatic rings. The number of benzene rings is 1. The van der Waals surface area contributed by atoms with Gasteiger partial charge in [-0.05, 0) is 5.56 Å². The molecule has 1 heterocycles. The molecule has 21 heavy (non-hydrogen) atoms. The molecule has 0 radical (unpaired) electrons. The van der Waals surface area contributed by atoms with Gasteiger partial charge in [0.05, 0.1) is 12.7 Å². The van der Waals surface area contributed by atoms with Gasteiger partial charge in [0.2, 0.25) is 0 Å². The second-order valence-corrected chi connectivity index (χ2v) is 4.75. The molecule has 0 spiro atoms. The molecular weight excluding hydrogens is 278 g/mol. The maximum Gasteiger partial charge on any atom is 0.188 e. The monoisotopic (exact) mass is 295 g/mol. The summed E-state index contributed by atoms with van der Waals surface area (Å²) in [5.41, 5.74) is 0.567. The van der Waals surface area contributed by atoms with Crippen LogP contribution in [0.2, 0.25) is 0 Å². The van der Waals surface area contributed by atoms with Crippen molar-refractivity contribution in [3.05, 3.63) is 35.9 Å². The van der Waals surface area contributed by atoms with Crippen molar-refractivity contribution in [3.63, 3.8) is 0 Å². The molecule has 7 nitrogen and oxygen atoms in total. The topological polar surface area (TPSA) is 123 Å². The Bertz CT molecular complexity index is 488. The van der Waals surface area contributed by atoms with E-state index in [2.05, 4.69) is 0 Å². The third-order valence-corrected chi connectivity index (χ3v) is 3.34. The zero-order valence-electron chi connectivity index (χ0n) is 11.1. The van der Waals surface area contributed by atoms with Gasteiger partial charge in [0.25, 0.3) is 0 Å². The largest absolute Gasteiger partial charge is 0.394 e. The molecule has 1 saturated heterocycles. The van der Waals surface area contributed by atoms with Crippen molar-refractivity contribution in [2.24, 2.45) is 0 Å². The molecule has 0 amide bonds. The molecule has 7 heteroatoms. The minimum absolute atomic E-state index is 0.548. The number of nitrogens with zero attached hydrogens (tertiary/aromatic N) is 1. The van der Waals surface area contributed by atoms with Crippen molar-refractivity contribution in [2.75, 3.05) is 6.61 Å². The molecule has 114 valence electrons. The van der Waals surface area contributed by atoms with Crippen LogP contribution in [0.5, 0.6) is 0 Å². The van der Waals surface area contributed by atoms with E-state index in [9.17, 15) is 15.3 Å². The number of hydrogen-bond acceptors (Lipinski definition) is 7.